The van der Waals surface area contributed by atoms with Crippen LogP contribution in [0.2, 0.25) is 15.1 Å². The van der Waals surface area contributed by atoms with Crippen molar-refractivity contribution in [3.63, 3.8) is 0 Å². The maximum Gasteiger partial charge on any atom is 0.410 e. The molecular weight excluding hydrogens is 615 g/mol. The quantitative estimate of drug-likeness (QED) is 0.303. The van der Waals surface area contributed by atoms with Gasteiger partial charge in [-0.25, -0.2) is 9.48 Å². The molecule has 12 heteroatoms. The van der Waals surface area contributed by atoms with Crippen LogP contribution in [0.4, 0.5) is 4.79 Å². The first kappa shape index (κ1) is 31.2. The van der Waals surface area contributed by atoms with Gasteiger partial charge in [-0.2, -0.15) is 5.10 Å². The van der Waals surface area contributed by atoms with Gasteiger partial charge in [0.1, 0.15) is 11.7 Å². The molecule has 0 bridgehead atoms. The van der Waals surface area contributed by atoms with Crippen LogP contribution in [0.1, 0.15) is 56.1 Å². The Bertz CT molecular complexity index is 1560. The molecule has 1 atom stereocenters. The molecular formula is C31H33Cl3N4O5. The largest absolute Gasteiger partial charge is 0.460 e. The molecule has 0 saturated carbocycles. The first-order chi connectivity index (χ1) is 20.3. The van der Waals surface area contributed by atoms with E-state index in [0.717, 1.165) is 5.56 Å². The minimum atomic E-state index is -0.682. The van der Waals surface area contributed by atoms with Crippen LogP contribution in [0, 0.1) is 12.3 Å². The van der Waals surface area contributed by atoms with Crippen molar-refractivity contribution in [3.05, 3.63) is 68.8 Å². The highest BCUT2D eigenvalue weighted by molar-refractivity contribution is 6.35. The lowest BCUT2D eigenvalue weighted by molar-refractivity contribution is -0.150. The third-order valence-corrected chi connectivity index (χ3v) is 8.57. The van der Waals surface area contributed by atoms with Crippen LogP contribution in [0.25, 0.3) is 16.9 Å². The van der Waals surface area contributed by atoms with Crippen LogP contribution >= 0.6 is 34.8 Å². The molecule has 0 aliphatic carbocycles. The predicted octanol–water partition coefficient (Wildman–Crippen LogP) is 6.87. The van der Waals surface area contributed by atoms with Crippen LogP contribution in [-0.4, -0.2) is 64.0 Å². The summed E-state index contributed by atoms with van der Waals surface area (Å²) < 4.78 is 12.8. The number of cyclic esters (lactones) is 1. The fourth-order valence-corrected chi connectivity index (χ4v) is 6.19. The lowest BCUT2D eigenvalue weighted by Crippen LogP contribution is -2.46. The number of aromatic nitrogens is 2. The number of ether oxygens (including phenoxy) is 2. The number of esters is 1. The third-order valence-electron chi connectivity index (χ3n) is 7.78. The van der Waals surface area contributed by atoms with Crippen molar-refractivity contribution in [2.24, 2.45) is 5.41 Å². The van der Waals surface area contributed by atoms with E-state index in [9.17, 15) is 14.4 Å². The Morgan fingerprint density at radius 1 is 1.07 bits per heavy atom. The normalized spacial score (nSPS) is 18.1. The molecule has 2 saturated heterocycles. The fourth-order valence-electron chi connectivity index (χ4n) is 5.58. The summed E-state index contributed by atoms with van der Waals surface area (Å²) >= 11 is 18.8. The summed E-state index contributed by atoms with van der Waals surface area (Å²) in [6.07, 6.45) is 0.535. The summed E-state index contributed by atoms with van der Waals surface area (Å²) in [6, 6.07) is 12.3. The van der Waals surface area contributed by atoms with Crippen molar-refractivity contribution in [3.8, 4) is 16.9 Å². The second-order valence-corrected chi connectivity index (χ2v) is 13.3. The summed E-state index contributed by atoms with van der Waals surface area (Å²) in [4.78, 5) is 40.5. The van der Waals surface area contributed by atoms with Crippen molar-refractivity contribution >= 4 is 52.8 Å². The van der Waals surface area contributed by atoms with E-state index in [1.165, 1.54) is 0 Å². The third kappa shape index (κ3) is 6.64. The number of benzene rings is 2. The van der Waals surface area contributed by atoms with E-state index in [1.807, 2.05) is 39.8 Å². The fraction of sp³-hybridized carbons (Fsp3) is 0.419. The first-order valence-corrected chi connectivity index (χ1v) is 15.2. The summed E-state index contributed by atoms with van der Waals surface area (Å²) in [7, 11) is 0. The van der Waals surface area contributed by atoms with Crippen molar-refractivity contribution in [2.75, 3.05) is 19.6 Å². The molecule has 5 rings (SSSR count). The number of hydrogen-bond acceptors (Lipinski definition) is 6. The number of likely N-dealkylation sites (tertiary alicyclic amines) is 1. The van der Waals surface area contributed by atoms with Gasteiger partial charge in [-0.05, 0) is 70.9 Å². The van der Waals surface area contributed by atoms with Gasteiger partial charge in [0.15, 0.2) is 5.69 Å². The Kier molecular flexibility index (Phi) is 8.71. The van der Waals surface area contributed by atoms with Crippen LogP contribution in [0.5, 0.6) is 0 Å². The van der Waals surface area contributed by atoms with Gasteiger partial charge in [-0.15, -0.1) is 0 Å². The summed E-state index contributed by atoms with van der Waals surface area (Å²) in [5.41, 5.74) is 1.60. The zero-order chi connectivity index (χ0) is 31.1. The lowest BCUT2D eigenvalue weighted by atomic mass is 9.76. The second kappa shape index (κ2) is 12.0. The smallest absolute Gasteiger partial charge is 0.410 e. The number of piperidine rings is 1. The van der Waals surface area contributed by atoms with E-state index in [1.54, 1.807) is 39.9 Å². The summed E-state index contributed by atoms with van der Waals surface area (Å²) in [6.45, 7) is 8.21. The number of halogens is 3. The van der Waals surface area contributed by atoms with E-state index in [0.29, 0.717) is 64.4 Å². The molecule has 2 amide bonds. The van der Waals surface area contributed by atoms with Gasteiger partial charge >= 0.3 is 12.1 Å². The van der Waals surface area contributed by atoms with Gasteiger partial charge in [0.2, 0.25) is 0 Å². The topological polar surface area (TPSA) is 103 Å². The first-order valence-electron chi connectivity index (χ1n) is 14.0. The van der Waals surface area contributed by atoms with E-state index in [2.05, 4.69) is 10.4 Å². The molecule has 9 nitrogen and oxygen atoms in total. The molecule has 1 unspecified atom stereocenters. The highest BCUT2D eigenvalue weighted by Crippen LogP contribution is 2.43. The van der Waals surface area contributed by atoms with Crippen molar-refractivity contribution < 1.29 is 23.9 Å². The second-order valence-electron chi connectivity index (χ2n) is 12.0. The molecule has 2 aliphatic heterocycles. The number of carbonyl (C=O) groups excluding carboxylic acids is 3. The molecule has 43 heavy (non-hydrogen) atoms. The maximum atomic E-state index is 13.5. The van der Waals surface area contributed by atoms with E-state index >= 15 is 0 Å². The zero-order valence-electron chi connectivity index (χ0n) is 24.4. The molecule has 2 aromatic carbocycles. The molecule has 1 N–H and O–H groups in total. The minimum Gasteiger partial charge on any atom is -0.460 e. The van der Waals surface area contributed by atoms with Crippen LogP contribution in [0.15, 0.2) is 42.5 Å². The van der Waals surface area contributed by atoms with Crippen LogP contribution < -0.4 is 5.32 Å². The zero-order valence-corrected chi connectivity index (χ0v) is 26.6. The number of nitrogens with one attached hydrogen (secondary N) is 1. The summed E-state index contributed by atoms with van der Waals surface area (Å²) in [5.74, 6) is -0.702. The van der Waals surface area contributed by atoms with Crippen LogP contribution in [-0.2, 0) is 14.3 Å². The van der Waals surface area contributed by atoms with E-state index in [-0.39, 0.29) is 24.3 Å². The lowest BCUT2D eigenvalue weighted by Gasteiger charge is -2.37. The monoisotopic (exact) mass is 646 g/mol. The molecule has 2 aliphatic rings. The van der Waals surface area contributed by atoms with Crippen molar-refractivity contribution in [1.29, 1.82) is 0 Å². The molecule has 1 aromatic heterocycles. The predicted molar refractivity (Wildman–Crippen MR) is 165 cm³/mol. The number of rotatable bonds is 5. The Morgan fingerprint density at radius 2 is 1.72 bits per heavy atom. The van der Waals surface area contributed by atoms with Gasteiger partial charge in [-0.3, -0.25) is 9.59 Å². The summed E-state index contributed by atoms with van der Waals surface area (Å²) in [5, 5.41) is 8.98. The number of hydrogen-bond donors (Lipinski definition) is 1. The standard InChI is InChI=1S/C31H33Cl3N4O5/c1-18-25(36-38(24-10-9-21(33)15-23(24)34)26(18)19-5-7-20(32)8-6-19)27(39)35-17-22-16-31(28(40)42-22)11-13-37(14-12-31)29(41)43-30(2,3)4/h5-10,15,22H,11-14,16-17H2,1-4H3,(H,35,39). The Morgan fingerprint density at radius 3 is 2.35 bits per heavy atom. The van der Waals surface area contributed by atoms with Crippen molar-refractivity contribution in [1.82, 2.24) is 20.0 Å². The van der Waals surface area contributed by atoms with E-state index in [4.69, 9.17) is 44.3 Å². The van der Waals surface area contributed by atoms with Gasteiger partial charge in [-0.1, -0.05) is 46.9 Å². The maximum absolute atomic E-state index is 13.5. The van der Waals surface area contributed by atoms with Gasteiger partial charge in [0, 0.05) is 40.7 Å². The average Bonchev–Trinajstić information content (AvgIpc) is 3.43. The van der Waals surface area contributed by atoms with Crippen molar-refractivity contribution in [2.45, 2.75) is 58.7 Å². The average molecular weight is 648 g/mol. The highest BCUT2D eigenvalue weighted by Gasteiger charge is 2.51. The highest BCUT2D eigenvalue weighted by atomic mass is 35.5. The van der Waals surface area contributed by atoms with Gasteiger partial charge in [0.25, 0.3) is 5.91 Å². The minimum absolute atomic E-state index is 0.131. The van der Waals surface area contributed by atoms with Crippen LogP contribution in [0.3, 0.4) is 0 Å². The number of nitrogens with zero attached hydrogens (tertiary/aromatic N) is 3. The Hall–Kier alpha value is -3.27. The number of carbonyl (C=O) groups is 3. The molecule has 3 aromatic rings. The van der Waals surface area contributed by atoms with Gasteiger partial charge < -0.3 is 19.7 Å². The molecule has 228 valence electrons. The molecule has 0 radical (unpaired) electrons. The molecule has 1 spiro atoms. The van der Waals surface area contributed by atoms with Gasteiger partial charge in [0.05, 0.1) is 28.4 Å². The van der Waals surface area contributed by atoms with E-state index < -0.39 is 23.0 Å². The number of amides is 2. The molecule has 2 fully saturated rings. The molecule has 3 heterocycles. The Balaban J connectivity index is 1.30. The SMILES string of the molecule is Cc1c(C(=O)NCC2CC3(CCN(C(=O)OC(C)(C)C)CC3)C(=O)O2)nn(-c2ccc(Cl)cc2Cl)c1-c1ccc(Cl)cc1. The Labute approximate surface area is 265 Å².